The zero-order valence-electron chi connectivity index (χ0n) is 13.9. The maximum atomic E-state index is 12.0. The summed E-state index contributed by atoms with van der Waals surface area (Å²) in [6.45, 7) is 9.15. The van der Waals surface area contributed by atoms with Gasteiger partial charge in [-0.15, -0.1) is 0 Å². The van der Waals surface area contributed by atoms with Crippen molar-refractivity contribution in [2.24, 2.45) is 5.41 Å². The molecule has 1 N–H and O–H groups in total. The van der Waals surface area contributed by atoms with E-state index in [0.29, 0.717) is 25.2 Å². The molecule has 2 fully saturated rings. The highest BCUT2D eigenvalue weighted by Gasteiger charge is 2.50. The second kappa shape index (κ2) is 7.07. The third-order valence-corrected chi connectivity index (χ3v) is 4.97. The fourth-order valence-electron chi connectivity index (χ4n) is 3.52. The second-order valence-corrected chi connectivity index (χ2v) is 6.87. The van der Waals surface area contributed by atoms with E-state index in [1.165, 1.54) is 0 Å². The number of ether oxygens (including phenoxy) is 2. The third-order valence-electron chi connectivity index (χ3n) is 4.97. The molecular weight excluding hydrogens is 268 g/mol. The van der Waals surface area contributed by atoms with Gasteiger partial charge in [0.25, 0.3) is 0 Å². The van der Waals surface area contributed by atoms with Gasteiger partial charge in [0, 0.05) is 31.2 Å². The summed E-state index contributed by atoms with van der Waals surface area (Å²) in [7, 11) is 2.03. The first kappa shape index (κ1) is 16.7. The highest BCUT2D eigenvalue weighted by Crippen LogP contribution is 2.45. The molecule has 2 aliphatic rings. The van der Waals surface area contributed by atoms with Gasteiger partial charge in [-0.25, -0.2) is 0 Å². The van der Waals surface area contributed by atoms with Crippen LogP contribution in [0.4, 0.5) is 0 Å². The minimum atomic E-state index is 0.0867. The summed E-state index contributed by atoms with van der Waals surface area (Å²) in [5.74, 6) is 0.0867. The number of hydrogen-bond acceptors (Lipinski definition) is 4. The van der Waals surface area contributed by atoms with E-state index in [4.69, 9.17) is 9.47 Å². The molecule has 0 aromatic rings. The van der Waals surface area contributed by atoms with Crippen LogP contribution in [0, 0.1) is 5.41 Å². The monoisotopic (exact) mass is 298 g/mol. The van der Waals surface area contributed by atoms with Crippen LogP contribution >= 0.6 is 0 Å². The maximum Gasteiger partial charge on any atom is 0.234 e. The number of carbonyl (C=O) groups is 1. The first-order valence-corrected chi connectivity index (χ1v) is 8.15. The SMILES string of the molecule is CCO[C@@H]1C[C@H](N(C)CC(=O)NC[C@@H]2CCCO2)C1(C)C. The van der Waals surface area contributed by atoms with Crippen LogP contribution < -0.4 is 5.32 Å². The molecule has 1 heterocycles. The van der Waals surface area contributed by atoms with Crippen molar-refractivity contribution < 1.29 is 14.3 Å². The van der Waals surface area contributed by atoms with Crippen LogP contribution in [0.3, 0.4) is 0 Å². The first-order valence-electron chi connectivity index (χ1n) is 8.15. The fourth-order valence-corrected chi connectivity index (χ4v) is 3.52. The van der Waals surface area contributed by atoms with Crippen molar-refractivity contribution in [3.8, 4) is 0 Å². The average Bonchev–Trinajstić information content (AvgIpc) is 2.93. The quantitative estimate of drug-likeness (QED) is 0.772. The summed E-state index contributed by atoms with van der Waals surface area (Å²) in [6, 6.07) is 0.405. The van der Waals surface area contributed by atoms with E-state index >= 15 is 0 Å². The summed E-state index contributed by atoms with van der Waals surface area (Å²) in [5, 5.41) is 2.99. The molecule has 3 atom stereocenters. The number of carbonyl (C=O) groups excluding carboxylic acids is 1. The van der Waals surface area contributed by atoms with Gasteiger partial charge in [-0.05, 0) is 33.2 Å². The van der Waals surface area contributed by atoms with Gasteiger partial charge in [0.05, 0.1) is 18.8 Å². The topological polar surface area (TPSA) is 50.8 Å². The zero-order chi connectivity index (χ0) is 15.5. The normalized spacial score (nSPS) is 31.2. The van der Waals surface area contributed by atoms with E-state index in [2.05, 4.69) is 24.1 Å². The molecule has 21 heavy (non-hydrogen) atoms. The molecule has 5 nitrogen and oxygen atoms in total. The molecule has 122 valence electrons. The van der Waals surface area contributed by atoms with Gasteiger partial charge in [0.15, 0.2) is 0 Å². The van der Waals surface area contributed by atoms with Crippen molar-refractivity contribution in [3.05, 3.63) is 0 Å². The van der Waals surface area contributed by atoms with E-state index in [1.807, 2.05) is 14.0 Å². The number of rotatable bonds is 7. The van der Waals surface area contributed by atoms with E-state index in [9.17, 15) is 4.79 Å². The molecule has 0 radical (unpaired) electrons. The summed E-state index contributed by atoms with van der Waals surface area (Å²) < 4.78 is 11.3. The first-order chi connectivity index (χ1) is 9.95. The molecule has 0 spiro atoms. The summed E-state index contributed by atoms with van der Waals surface area (Å²) in [5.41, 5.74) is 0.111. The summed E-state index contributed by atoms with van der Waals surface area (Å²) >= 11 is 0. The Morgan fingerprint density at radius 1 is 1.48 bits per heavy atom. The van der Waals surface area contributed by atoms with Gasteiger partial charge in [-0.2, -0.15) is 0 Å². The Morgan fingerprint density at radius 3 is 2.81 bits per heavy atom. The van der Waals surface area contributed by atoms with Gasteiger partial charge in [-0.1, -0.05) is 13.8 Å². The molecule has 0 bridgehead atoms. The van der Waals surface area contributed by atoms with E-state index in [-0.39, 0.29) is 17.4 Å². The van der Waals surface area contributed by atoms with Crippen molar-refractivity contribution in [1.82, 2.24) is 10.2 Å². The van der Waals surface area contributed by atoms with Crippen molar-refractivity contribution in [1.29, 1.82) is 0 Å². The molecule has 1 saturated carbocycles. The zero-order valence-corrected chi connectivity index (χ0v) is 13.9. The van der Waals surface area contributed by atoms with Crippen LogP contribution in [0.5, 0.6) is 0 Å². The lowest BCUT2D eigenvalue weighted by Crippen LogP contribution is -2.62. The largest absolute Gasteiger partial charge is 0.378 e. The second-order valence-electron chi connectivity index (χ2n) is 6.87. The highest BCUT2D eigenvalue weighted by atomic mass is 16.5. The van der Waals surface area contributed by atoms with Crippen LogP contribution in [0.2, 0.25) is 0 Å². The third kappa shape index (κ3) is 3.96. The standard InChI is InChI=1S/C16H30N2O3/c1-5-20-14-9-13(16(14,2)3)18(4)11-15(19)17-10-12-7-6-8-21-12/h12-14H,5-11H2,1-4H3,(H,17,19)/t12-,13-,14+/m0/s1. The fraction of sp³-hybridized carbons (Fsp3) is 0.938. The molecule has 5 heteroatoms. The average molecular weight is 298 g/mol. The number of nitrogens with zero attached hydrogens (tertiary/aromatic N) is 1. The summed E-state index contributed by atoms with van der Waals surface area (Å²) in [6.07, 6.45) is 3.69. The molecule has 0 aromatic carbocycles. The lowest BCUT2D eigenvalue weighted by Gasteiger charge is -2.54. The van der Waals surface area contributed by atoms with Crippen LogP contribution in [0.25, 0.3) is 0 Å². The molecule has 1 saturated heterocycles. The Kier molecular flexibility index (Phi) is 5.63. The number of nitrogens with one attached hydrogen (secondary N) is 1. The number of amides is 1. The molecule has 0 unspecified atom stereocenters. The molecule has 0 aromatic heterocycles. The highest BCUT2D eigenvalue weighted by molar-refractivity contribution is 5.78. The van der Waals surface area contributed by atoms with E-state index in [1.54, 1.807) is 0 Å². The predicted molar refractivity (Wildman–Crippen MR) is 82.2 cm³/mol. The molecule has 2 rings (SSSR count). The van der Waals surface area contributed by atoms with Gasteiger partial charge >= 0.3 is 0 Å². The van der Waals surface area contributed by atoms with Gasteiger partial charge in [0.1, 0.15) is 0 Å². The van der Waals surface area contributed by atoms with E-state index < -0.39 is 0 Å². The number of likely N-dealkylation sites (N-methyl/N-ethyl adjacent to an activating group) is 1. The Hall–Kier alpha value is -0.650. The van der Waals surface area contributed by atoms with Crippen LogP contribution in [-0.2, 0) is 14.3 Å². The Morgan fingerprint density at radius 2 is 2.24 bits per heavy atom. The number of hydrogen-bond donors (Lipinski definition) is 1. The molecule has 1 aliphatic heterocycles. The van der Waals surface area contributed by atoms with Gasteiger partial charge < -0.3 is 14.8 Å². The Labute approximate surface area is 128 Å². The molecule has 1 amide bonds. The Balaban J connectivity index is 1.71. The van der Waals surface area contributed by atoms with Crippen LogP contribution in [0.15, 0.2) is 0 Å². The summed E-state index contributed by atoms with van der Waals surface area (Å²) in [4.78, 5) is 14.2. The lowest BCUT2D eigenvalue weighted by molar-refractivity contribution is -0.150. The van der Waals surface area contributed by atoms with Crippen molar-refractivity contribution in [3.63, 3.8) is 0 Å². The minimum Gasteiger partial charge on any atom is -0.378 e. The molecular formula is C16H30N2O3. The van der Waals surface area contributed by atoms with Crippen LogP contribution in [-0.4, -0.2) is 62.4 Å². The van der Waals surface area contributed by atoms with Crippen molar-refractivity contribution in [2.75, 3.05) is 33.4 Å². The minimum absolute atomic E-state index is 0.0867. The molecule has 1 aliphatic carbocycles. The van der Waals surface area contributed by atoms with Crippen molar-refractivity contribution >= 4 is 5.91 Å². The predicted octanol–water partition coefficient (Wildman–Crippen LogP) is 1.42. The lowest BCUT2D eigenvalue weighted by atomic mass is 9.64. The van der Waals surface area contributed by atoms with Gasteiger partial charge in [0.2, 0.25) is 5.91 Å². The maximum absolute atomic E-state index is 12.0. The van der Waals surface area contributed by atoms with E-state index in [0.717, 1.165) is 32.5 Å². The van der Waals surface area contributed by atoms with Crippen LogP contribution in [0.1, 0.15) is 40.0 Å². The van der Waals surface area contributed by atoms with Crippen molar-refractivity contribution in [2.45, 2.75) is 58.3 Å². The smallest absolute Gasteiger partial charge is 0.234 e. The van der Waals surface area contributed by atoms with Gasteiger partial charge in [-0.3, -0.25) is 9.69 Å². The Bertz CT molecular complexity index is 353.